The Labute approximate surface area is 206 Å². The highest BCUT2D eigenvalue weighted by Gasteiger charge is 2.24. The molecule has 0 saturated carbocycles. The SMILES string of the molecule is Cc1cccc(-c2nccc(Nc3ccnc(Nc4csc(C(=O)O[C@H]5CCN(C)C5)c4)n3)n2)n1. The third-order valence-electron chi connectivity index (χ3n) is 5.36. The lowest BCUT2D eigenvalue weighted by molar-refractivity contribution is 0.0333. The Bertz CT molecular complexity index is 1340. The Kier molecular flexibility index (Phi) is 6.59. The standard InChI is InChI=1S/C24H24N8O2S/c1-15-4-3-5-18(27-15)22-25-9-6-20(30-22)29-21-7-10-26-24(31-21)28-16-12-19(35-14-16)23(33)34-17-8-11-32(2)13-17/h3-7,9-10,12,14,17H,8,11,13H2,1-2H3,(H2,25,26,28,29,30,31)/t17-/m0/s1. The Morgan fingerprint density at radius 3 is 2.71 bits per heavy atom. The number of pyridine rings is 1. The zero-order valence-corrected chi connectivity index (χ0v) is 20.1. The minimum Gasteiger partial charge on any atom is -0.457 e. The fraction of sp³-hybridized carbons (Fsp3) is 0.250. The van der Waals surface area contributed by atoms with Gasteiger partial charge in [-0.1, -0.05) is 6.07 Å². The molecule has 1 fully saturated rings. The summed E-state index contributed by atoms with van der Waals surface area (Å²) in [6.45, 7) is 3.63. The average Bonchev–Trinajstić information content (AvgIpc) is 3.48. The fourth-order valence-corrected chi connectivity index (χ4v) is 4.40. The van der Waals surface area contributed by atoms with Crippen molar-refractivity contribution in [3.8, 4) is 11.5 Å². The number of hydrogen-bond acceptors (Lipinski definition) is 11. The molecule has 0 unspecified atom stereocenters. The van der Waals surface area contributed by atoms with E-state index >= 15 is 0 Å². The first-order valence-corrected chi connectivity index (χ1v) is 12.0. The molecule has 0 spiro atoms. The van der Waals surface area contributed by atoms with E-state index in [2.05, 4.69) is 40.5 Å². The number of esters is 1. The van der Waals surface area contributed by atoms with E-state index in [0.717, 1.165) is 30.9 Å². The molecule has 1 saturated heterocycles. The number of aromatic nitrogens is 5. The first-order chi connectivity index (χ1) is 17.0. The predicted octanol–water partition coefficient (Wildman–Crippen LogP) is 4.05. The lowest BCUT2D eigenvalue weighted by Gasteiger charge is -2.11. The number of hydrogen-bond donors (Lipinski definition) is 2. The molecule has 10 nitrogen and oxygen atoms in total. The highest BCUT2D eigenvalue weighted by atomic mass is 32.1. The molecule has 1 aliphatic rings. The fourth-order valence-electron chi connectivity index (χ4n) is 3.68. The number of rotatable bonds is 7. The Balaban J connectivity index is 1.24. The molecule has 35 heavy (non-hydrogen) atoms. The van der Waals surface area contributed by atoms with Crippen molar-refractivity contribution in [2.75, 3.05) is 30.8 Å². The maximum atomic E-state index is 12.5. The molecule has 5 rings (SSSR count). The van der Waals surface area contributed by atoms with Crippen LogP contribution in [0, 0.1) is 6.92 Å². The van der Waals surface area contributed by atoms with Crippen LogP contribution < -0.4 is 10.6 Å². The van der Waals surface area contributed by atoms with Crippen molar-refractivity contribution in [2.24, 2.45) is 0 Å². The van der Waals surface area contributed by atoms with Crippen LogP contribution in [0.3, 0.4) is 0 Å². The lowest BCUT2D eigenvalue weighted by atomic mass is 10.3. The number of anilines is 4. The van der Waals surface area contributed by atoms with Crippen molar-refractivity contribution in [3.05, 3.63) is 64.7 Å². The van der Waals surface area contributed by atoms with Crippen LogP contribution in [-0.2, 0) is 4.74 Å². The van der Waals surface area contributed by atoms with Gasteiger partial charge in [0.05, 0.1) is 5.69 Å². The topological polar surface area (TPSA) is 118 Å². The van der Waals surface area contributed by atoms with Crippen LogP contribution in [0.1, 0.15) is 21.8 Å². The van der Waals surface area contributed by atoms with E-state index in [-0.39, 0.29) is 12.1 Å². The van der Waals surface area contributed by atoms with Gasteiger partial charge in [-0.3, -0.25) is 0 Å². The molecule has 4 aromatic rings. The van der Waals surface area contributed by atoms with Gasteiger partial charge in [0.2, 0.25) is 5.95 Å². The van der Waals surface area contributed by atoms with Crippen molar-refractivity contribution in [3.63, 3.8) is 0 Å². The van der Waals surface area contributed by atoms with Gasteiger partial charge in [0, 0.05) is 36.6 Å². The number of ether oxygens (including phenoxy) is 1. The van der Waals surface area contributed by atoms with Crippen molar-refractivity contribution in [2.45, 2.75) is 19.4 Å². The number of carbonyl (C=O) groups is 1. The predicted molar refractivity (Wildman–Crippen MR) is 134 cm³/mol. The highest BCUT2D eigenvalue weighted by Crippen LogP contribution is 2.25. The molecule has 178 valence electrons. The zero-order chi connectivity index (χ0) is 24.2. The second-order valence-electron chi connectivity index (χ2n) is 8.22. The number of thiophene rings is 1. The van der Waals surface area contributed by atoms with Crippen LogP contribution in [0.25, 0.3) is 11.5 Å². The van der Waals surface area contributed by atoms with Gasteiger partial charge < -0.3 is 20.3 Å². The van der Waals surface area contributed by atoms with E-state index in [1.165, 1.54) is 11.3 Å². The van der Waals surface area contributed by atoms with E-state index in [0.29, 0.717) is 34.0 Å². The summed E-state index contributed by atoms with van der Waals surface area (Å²) < 4.78 is 5.61. The van der Waals surface area contributed by atoms with Gasteiger partial charge in [-0.2, -0.15) is 4.98 Å². The highest BCUT2D eigenvalue weighted by molar-refractivity contribution is 7.12. The number of likely N-dealkylation sites (tertiary alicyclic amines) is 1. The lowest BCUT2D eigenvalue weighted by Crippen LogP contribution is -2.21. The van der Waals surface area contributed by atoms with Gasteiger partial charge >= 0.3 is 5.97 Å². The summed E-state index contributed by atoms with van der Waals surface area (Å²) in [5, 5.41) is 8.16. The molecule has 4 aromatic heterocycles. The van der Waals surface area contributed by atoms with E-state index in [1.807, 2.05) is 37.6 Å². The average molecular weight is 489 g/mol. The van der Waals surface area contributed by atoms with Gasteiger partial charge in [0.1, 0.15) is 28.3 Å². The van der Waals surface area contributed by atoms with Gasteiger partial charge in [0.15, 0.2) is 5.82 Å². The Morgan fingerprint density at radius 2 is 1.91 bits per heavy atom. The molecular weight excluding hydrogens is 464 g/mol. The molecule has 0 aliphatic carbocycles. The Hall–Kier alpha value is -3.96. The first kappa shape index (κ1) is 22.8. The molecule has 0 bridgehead atoms. The maximum Gasteiger partial charge on any atom is 0.348 e. The number of carbonyl (C=O) groups excluding carboxylic acids is 1. The second-order valence-corrected chi connectivity index (χ2v) is 9.13. The van der Waals surface area contributed by atoms with E-state index < -0.39 is 0 Å². The Morgan fingerprint density at radius 1 is 1.09 bits per heavy atom. The first-order valence-electron chi connectivity index (χ1n) is 11.1. The molecule has 11 heteroatoms. The minimum absolute atomic E-state index is 0.0545. The minimum atomic E-state index is -0.303. The van der Waals surface area contributed by atoms with Crippen LogP contribution in [0.15, 0.2) is 54.2 Å². The van der Waals surface area contributed by atoms with Gasteiger partial charge in [0.25, 0.3) is 0 Å². The smallest absolute Gasteiger partial charge is 0.348 e. The third kappa shape index (κ3) is 5.76. The number of aryl methyl sites for hydroxylation is 1. The van der Waals surface area contributed by atoms with Gasteiger partial charge in [-0.25, -0.2) is 24.7 Å². The summed E-state index contributed by atoms with van der Waals surface area (Å²) in [4.78, 5) is 37.3. The summed E-state index contributed by atoms with van der Waals surface area (Å²) in [6.07, 6.45) is 4.12. The van der Waals surface area contributed by atoms with E-state index in [9.17, 15) is 4.79 Å². The second kappa shape index (κ2) is 10.1. The molecule has 1 atom stereocenters. The number of likely N-dealkylation sites (N-methyl/N-ethyl adjacent to an activating group) is 1. The quantitative estimate of drug-likeness (QED) is 0.369. The third-order valence-corrected chi connectivity index (χ3v) is 6.27. The van der Waals surface area contributed by atoms with Crippen LogP contribution >= 0.6 is 11.3 Å². The molecule has 2 N–H and O–H groups in total. The molecule has 5 heterocycles. The molecular formula is C24H24N8O2S. The summed E-state index contributed by atoms with van der Waals surface area (Å²) in [7, 11) is 2.02. The van der Waals surface area contributed by atoms with Crippen LogP contribution in [0.4, 0.5) is 23.3 Å². The van der Waals surface area contributed by atoms with E-state index in [4.69, 9.17) is 4.74 Å². The monoisotopic (exact) mass is 488 g/mol. The van der Waals surface area contributed by atoms with Crippen LogP contribution in [-0.4, -0.2) is 62.0 Å². The van der Waals surface area contributed by atoms with Crippen molar-refractivity contribution in [1.29, 1.82) is 0 Å². The van der Waals surface area contributed by atoms with Gasteiger partial charge in [-0.05, 0) is 50.7 Å². The van der Waals surface area contributed by atoms with Gasteiger partial charge in [-0.15, -0.1) is 11.3 Å². The van der Waals surface area contributed by atoms with Crippen LogP contribution in [0.2, 0.25) is 0 Å². The molecule has 0 amide bonds. The normalized spacial score (nSPS) is 15.7. The zero-order valence-electron chi connectivity index (χ0n) is 19.3. The van der Waals surface area contributed by atoms with Crippen LogP contribution in [0.5, 0.6) is 0 Å². The molecule has 0 radical (unpaired) electrons. The molecule has 0 aromatic carbocycles. The number of nitrogens with one attached hydrogen (secondary N) is 2. The van der Waals surface area contributed by atoms with Crippen molar-refractivity contribution in [1.82, 2.24) is 29.8 Å². The largest absolute Gasteiger partial charge is 0.457 e. The van der Waals surface area contributed by atoms with Crippen molar-refractivity contribution < 1.29 is 9.53 Å². The maximum absolute atomic E-state index is 12.5. The van der Waals surface area contributed by atoms with Crippen molar-refractivity contribution >= 4 is 40.6 Å². The summed E-state index contributed by atoms with van der Waals surface area (Å²) in [6, 6.07) is 11.0. The summed E-state index contributed by atoms with van der Waals surface area (Å²) >= 11 is 1.32. The van der Waals surface area contributed by atoms with E-state index in [1.54, 1.807) is 30.6 Å². The molecule has 1 aliphatic heterocycles. The number of nitrogens with zero attached hydrogens (tertiary/aromatic N) is 6. The summed E-state index contributed by atoms with van der Waals surface area (Å²) in [5.41, 5.74) is 2.31. The summed E-state index contributed by atoms with van der Waals surface area (Å²) in [5.74, 6) is 1.75.